The summed E-state index contributed by atoms with van der Waals surface area (Å²) in [6.45, 7) is 2.66. The second-order valence-corrected chi connectivity index (χ2v) is 6.32. The first-order valence-corrected chi connectivity index (χ1v) is 8.70. The summed E-state index contributed by atoms with van der Waals surface area (Å²) in [4.78, 5) is 20.3. The number of ether oxygens (including phenoxy) is 1. The van der Waals surface area contributed by atoms with Gasteiger partial charge in [-0.25, -0.2) is 9.78 Å². The largest absolute Gasteiger partial charge is 0.465 e. The number of carbonyl (C=O) groups excluding carboxylic acids is 1. The minimum Gasteiger partial charge on any atom is -0.465 e. The Morgan fingerprint density at radius 3 is 2.67 bits per heavy atom. The van der Waals surface area contributed by atoms with E-state index in [2.05, 4.69) is 51.8 Å². The number of nitrogens with one attached hydrogen (secondary N) is 2. The van der Waals surface area contributed by atoms with Gasteiger partial charge in [0, 0.05) is 12.7 Å². The van der Waals surface area contributed by atoms with Crippen LogP contribution in [0.15, 0.2) is 54.7 Å². The Kier molecular flexibility index (Phi) is 5.88. The molecule has 0 aliphatic rings. The maximum absolute atomic E-state index is 11.7. The second-order valence-electron chi connectivity index (χ2n) is 5.92. The molecule has 1 heterocycles. The van der Waals surface area contributed by atoms with E-state index < -0.39 is 5.97 Å². The third-order valence-electron chi connectivity index (χ3n) is 3.88. The van der Waals surface area contributed by atoms with E-state index in [0.717, 1.165) is 5.56 Å². The van der Waals surface area contributed by atoms with E-state index in [1.807, 2.05) is 0 Å². The molecule has 27 heavy (non-hydrogen) atoms. The molecule has 0 atom stereocenters. The second kappa shape index (κ2) is 8.51. The summed E-state index contributed by atoms with van der Waals surface area (Å²) in [5.41, 5.74) is 3.31. The summed E-state index contributed by atoms with van der Waals surface area (Å²) in [5.74, 6) is 0.610. The summed E-state index contributed by atoms with van der Waals surface area (Å²) in [7, 11) is 1.33. The van der Waals surface area contributed by atoms with E-state index in [9.17, 15) is 4.79 Å². The van der Waals surface area contributed by atoms with Crippen molar-refractivity contribution in [3.8, 4) is 0 Å². The first kappa shape index (κ1) is 18.7. The van der Waals surface area contributed by atoms with Gasteiger partial charge in [0.25, 0.3) is 0 Å². The normalized spacial score (nSPS) is 10.3. The molecule has 0 saturated carbocycles. The molecular weight excluding hydrogens is 364 g/mol. The SMILES string of the molecule is COC(=O)c1ccc(Cl)c(Nc2ccnc(NCc3ccc(C)cc3)n2)c1. The molecule has 2 N–H and O–H groups in total. The molecule has 6 nitrogen and oxygen atoms in total. The van der Waals surface area contributed by atoms with Crippen LogP contribution in [-0.2, 0) is 11.3 Å². The highest BCUT2D eigenvalue weighted by Gasteiger charge is 2.10. The van der Waals surface area contributed by atoms with E-state index >= 15 is 0 Å². The first-order valence-electron chi connectivity index (χ1n) is 8.32. The minimum atomic E-state index is -0.433. The summed E-state index contributed by atoms with van der Waals surface area (Å²) in [6, 6.07) is 14.8. The van der Waals surface area contributed by atoms with Gasteiger partial charge in [-0.1, -0.05) is 41.4 Å². The van der Waals surface area contributed by atoms with Gasteiger partial charge in [0.15, 0.2) is 0 Å². The Balaban J connectivity index is 1.72. The molecular formula is C20H19ClN4O2. The van der Waals surface area contributed by atoms with Crippen LogP contribution < -0.4 is 10.6 Å². The zero-order chi connectivity index (χ0) is 19.2. The van der Waals surface area contributed by atoms with Crippen LogP contribution in [0, 0.1) is 6.92 Å². The molecule has 0 aliphatic carbocycles. The molecule has 0 aliphatic heterocycles. The van der Waals surface area contributed by atoms with Gasteiger partial charge in [0.1, 0.15) is 5.82 Å². The van der Waals surface area contributed by atoms with Crippen LogP contribution in [0.4, 0.5) is 17.5 Å². The lowest BCUT2D eigenvalue weighted by Crippen LogP contribution is -2.06. The van der Waals surface area contributed by atoms with Crippen molar-refractivity contribution in [2.75, 3.05) is 17.7 Å². The molecule has 0 bridgehead atoms. The maximum atomic E-state index is 11.7. The van der Waals surface area contributed by atoms with Gasteiger partial charge in [0.05, 0.1) is 23.4 Å². The van der Waals surface area contributed by atoms with Crippen LogP contribution in [0.1, 0.15) is 21.5 Å². The topological polar surface area (TPSA) is 76.1 Å². The molecule has 138 valence electrons. The molecule has 3 aromatic rings. The summed E-state index contributed by atoms with van der Waals surface area (Å²) < 4.78 is 4.74. The quantitative estimate of drug-likeness (QED) is 0.608. The highest BCUT2D eigenvalue weighted by molar-refractivity contribution is 6.33. The number of methoxy groups -OCH3 is 1. The van der Waals surface area contributed by atoms with Crippen molar-refractivity contribution in [2.24, 2.45) is 0 Å². The average molecular weight is 383 g/mol. The predicted octanol–water partition coefficient (Wildman–Crippen LogP) is 4.58. The van der Waals surface area contributed by atoms with E-state index in [-0.39, 0.29) is 0 Å². The van der Waals surface area contributed by atoms with Gasteiger partial charge >= 0.3 is 5.97 Å². The summed E-state index contributed by atoms with van der Waals surface area (Å²) in [6.07, 6.45) is 1.64. The number of esters is 1. The van der Waals surface area contributed by atoms with Gasteiger partial charge in [-0.15, -0.1) is 0 Å². The molecule has 3 rings (SSSR count). The lowest BCUT2D eigenvalue weighted by Gasteiger charge is -2.11. The van der Waals surface area contributed by atoms with Gasteiger partial charge in [-0.2, -0.15) is 4.98 Å². The van der Waals surface area contributed by atoms with Gasteiger partial charge < -0.3 is 15.4 Å². The number of nitrogens with zero attached hydrogens (tertiary/aromatic N) is 2. The lowest BCUT2D eigenvalue weighted by molar-refractivity contribution is 0.0601. The smallest absolute Gasteiger partial charge is 0.337 e. The average Bonchev–Trinajstić information content (AvgIpc) is 2.69. The molecule has 0 radical (unpaired) electrons. The van der Waals surface area contributed by atoms with Crippen molar-refractivity contribution in [3.63, 3.8) is 0 Å². The van der Waals surface area contributed by atoms with Gasteiger partial charge in [-0.3, -0.25) is 0 Å². The molecule has 0 unspecified atom stereocenters. The third kappa shape index (κ3) is 4.95. The molecule has 0 saturated heterocycles. The third-order valence-corrected chi connectivity index (χ3v) is 4.21. The molecule has 0 amide bonds. The van der Waals surface area contributed by atoms with E-state index in [4.69, 9.17) is 16.3 Å². The van der Waals surface area contributed by atoms with Crippen molar-refractivity contribution in [1.82, 2.24) is 9.97 Å². The Bertz CT molecular complexity index is 945. The zero-order valence-corrected chi connectivity index (χ0v) is 15.7. The Hall–Kier alpha value is -3.12. The van der Waals surface area contributed by atoms with Crippen LogP contribution >= 0.6 is 11.6 Å². The van der Waals surface area contributed by atoms with Crippen LogP contribution in [-0.4, -0.2) is 23.0 Å². The maximum Gasteiger partial charge on any atom is 0.337 e. The van der Waals surface area contributed by atoms with Crippen LogP contribution in [0.5, 0.6) is 0 Å². The number of carbonyl (C=O) groups is 1. The first-order chi connectivity index (χ1) is 13.0. The number of rotatable bonds is 6. The molecule has 7 heteroatoms. The van der Waals surface area contributed by atoms with Gasteiger partial charge in [-0.05, 0) is 36.8 Å². The molecule has 0 spiro atoms. The summed E-state index contributed by atoms with van der Waals surface area (Å²) >= 11 is 6.21. The monoisotopic (exact) mass is 382 g/mol. The highest BCUT2D eigenvalue weighted by Crippen LogP contribution is 2.26. The standard InChI is InChI=1S/C20H19ClN4O2/c1-13-3-5-14(6-4-13)12-23-20-22-10-9-18(25-20)24-17-11-15(19(26)27-2)7-8-16(17)21/h3-11H,12H2,1-2H3,(H2,22,23,24,25). The number of aromatic nitrogens is 2. The Labute approximate surface area is 162 Å². The Morgan fingerprint density at radius 1 is 1.15 bits per heavy atom. The van der Waals surface area contributed by atoms with Crippen LogP contribution in [0.25, 0.3) is 0 Å². The number of benzene rings is 2. The van der Waals surface area contributed by atoms with E-state index in [1.165, 1.54) is 12.7 Å². The van der Waals surface area contributed by atoms with Crippen LogP contribution in [0.2, 0.25) is 5.02 Å². The number of aryl methyl sites for hydroxylation is 1. The van der Waals surface area contributed by atoms with E-state index in [1.54, 1.807) is 30.5 Å². The number of halogens is 1. The number of hydrogen-bond acceptors (Lipinski definition) is 6. The summed E-state index contributed by atoms with van der Waals surface area (Å²) in [5, 5.41) is 6.77. The van der Waals surface area contributed by atoms with Crippen LogP contribution in [0.3, 0.4) is 0 Å². The number of anilines is 3. The Morgan fingerprint density at radius 2 is 1.93 bits per heavy atom. The highest BCUT2D eigenvalue weighted by atomic mass is 35.5. The fraction of sp³-hybridized carbons (Fsp3) is 0.150. The molecule has 0 fully saturated rings. The number of hydrogen-bond donors (Lipinski definition) is 2. The van der Waals surface area contributed by atoms with Crippen molar-refractivity contribution in [3.05, 3.63) is 76.4 Å². The fourth-order valence-corrected chi connectivity index (χ4v) is 2.57. The minimum absolute atomic E-state index is 0.399. The van der Waals surface area contributed by atoms with Crippen molar-refractivity contribution >= 4 is 35.0 Å². The van der Waals surface area contributed by atoms with Crippen molar-refractivity contribution in [2.45, 2.75) is 13.5 Å². The fourth-order valence-electron chi connectivity index (χ4n) is 2.40. The van der Waals surface area contributed by atoms with E-state index in [0.29, 0.717) is 34.6 Å². The predicted molar refractivity (Wildman–Crippen MR) is 107 cm³/mol. The van der Waals surface area contributed by atoms with Gasteiger partial charge in [0.2, 0.25) is 5.95 Å². The molecule has 2 aromatic carbocycles. The lowest BCUT2D eigenvalue weighted by atomic mass is 10.1. The molecule has 1 aromatic heterocycles. The van der Waals surface area contributed by atoms with Crippen molar-refractivity contribution in [1.29, 1.82) is 0 Å². The van der Waals surface area contributed by atoms with Crippen molar-refractivity contribution < 1.29 is 9.53 Å². The zero-order valence-electron chi connectivity index (χ0n) is 15.0.